The normalized spacial score (nSPS) is 18.3. The fourth-order valence-electron chi connectivity index (χ4n) is 3.79. The summed E-state index contributed by atoms with van der Waals surface area (Å²) in [4.78, 5) is 2.54. The summed E-state index contributed by atoms with van der Waals surface area (Å²) in [5, 5.41) is 18.1. The third kappa shape index (κ3) is 3.46. The average Bonchev–Trinajstić information content (AvgIpc) is 2.52. The molecule has 0 bridgehead atoms. The van der Waals surface area contributed by atoms with Crippen LogP contribution in [0.25, 0.3) is 6.08 Å². The van der Waals surface area contributed by atoms with Gasteiger partial charge in [0.25, 0.3) is 0 Å². The first kappa shape index (κ1) is 18.1. The molecule has 1 aliphatic rings. The Bertz CT molecular complexity index is 713. The van der Waals surface area contributed by atoms with E-state index >= 15 is 0 Å². The van der Waals surface area contributed by atoms with Crippen molar-refractivity contribution in [1.29, 1.82) is 10.5 Å². The van der Waals surface area contributed by atoms with Gasteiger partial charge in [0.15, 0.2) is 0 Å². The lowest BCUT2D eigenvalue weighted by molar-refractivity contribution is 0.373. The van der Waals surface area contributed by atoms with Crippen molar-refractivity contribution >= 4 is 11.8 Å². The molecule has 0 amide bonds. The molecule has 3 heteroatoms. The highest BCUT2D eigenvalue weighted by molar-refractivity contribution is 5.70. The Balaban J connectivity index is 2.56. The molecule has 0 saturated heterocycles. The molecule has 0 saturated carbocycles. The van der Waals surface area contributed by atoms with Crippen molar-refractivity contribution in [3.8, 4) is 12.1 Å². The molecule has 1 aromatic rings. The highest BCUT2D eigenvalue weighted by atomic mass is 15.2. The van der Waals surface area contributed by atoms with E-state index in [0.29, 0.717) is 5.92 Å². The first-order valence-corrected chi connectivity index (χ1v) is 8.78. The number of anilines is 1. The van der Waals surface area contributed by atoms with Gasteiger partial charge in [-0.25, -0.2) is 0 Å². The number of allylic oxidation sites excluding steroid dienone is 1. The average molecular weight is 321 g/mol. The van der Waals surface area contributed by atoms with Crippen molar-refractivity contribution in [2.75, 3.05) is 11.4 Å². The minimum Gasteiger partial charge on any atom is -0.366 e. The molecule has 1 unspecified atom stereocenters. The standard InChI is InChI=1S/C21H27N3/c1-6-7-8-24-20-9-15(2)18(10-17(13-22)14-23)11-19(20)16(3)12-21(24,4)5/h9-11,16H,6-8,12H2,1-5H3. The van der Waals surface area contributed by atoms with E-state index in [4.69, 9.17) is 10.5 Å². The van der Waals surface area contributed by atoms with E-state index in [-0.39, 0.29) is 11.1 Å². The number of aryl methyl sites for hydroxylation is 1. The highest BCUT2D eigenvalue weighted by Crippen LogP contribution is 2.44. The van der Waals surface area contributed by atoms with E-state index < -0.39 is 0 Å². The molecular formula is C21H27N3. The van der Waals surface area contributed by atoms with Gasteiger partial charge in [-0.15, -0.1) is 0 Å². The van der Waals surface area contributed by atoms with Gasteiger partial charge in [0.05, 0.1) is 0 Å². The summed E-state index contributed by atoms with van der Waals surface area (Å²) in [5.41, 5.74) is 5.05. The van der Waals surface area contributed by atoms with Crippen LogP contribution in [0.5, 0.6) is 0 Å². The van der Waals surface area contributed by atoms with E-state index in [1.165, 1.54) is 24.1 Å². The lowest BCUT2D eigenvalue weighted by atomic mass is 9.78. The second-order valence-corrected chi connectivity index (χ2v) is 7.47. The fraction of sp³-hybridized carbons (Fsp3) is 0.524. The van der Waals surface area contributed by atoms with Crippen LogP contribution in [-0.4, -0.2) is 12.1 Å². The maximum atomic E-state index is 9.03. The number of hydrogen-bond donors (Lipinski definition) is 0. The molecule has 1 aromatic carbocycles. The van der Waals surface area contributed by atoms with Crippen molar-refractivity contribution in [3.63, 3.8) is 0 Å². The Labute approximate surface area is 146 Å². The molecule has 0 aromatic heterocycles. The Morgan fingerprint density at radius 3 is 2.58 bits per heavy atom. The summed E-state index contributed by atoms with van der Waals surface area (Å²) in [7, 11) is 0. The zero-order chi connectivity index (χ0) is 17.9. The smallest absolute Gasteiger partial charge is 0.130 e. The number of nitrogens with zero attached hydrogens (tertiary/aromatic N) is 3. The molecule has 1 aliphatic heterocycles. The quantitative estimate of drug-likeness (QED) is 0.705. The molecule has 0 aliphatic carbocycles. The summed E-state index contributed by atoms with van der Waals surface area (Å²) >= 11 is 0. The van der Waals surface area contributed by atoms with Gasteiger partial charge in [0.1, 0.15) is 17.7 Å². The van der Waals surface area contributed by atoms with Gasteiger partial charge in [-0.2, -0.15) is 10.5 Å². The maximum Gasteiger partial charge on any atom is 0.130 e. The Morgan fingerprint density at radius 2 is 2.00 bits per heavy atom. The van der Waals surface area contributed by atoms with Crippen LogP contribution in [0.1, 0.15) is 69.6 Å². The Morgan fingerprint density at radius 1 is 1.33 bits per heavy atom. The summed E-state index contributed by atoms with van der Waals surface area (Å²) in [5.74, 6) is 0.466. The lowest BCUT2D eigenvalue weighted by Gasteiger charge is -2.48. The highest BCUT2D eigenvalue weighted by Gasteiger charge is 2.36. The van der Waals surface area contributed by atoms with Crippen molar-refractivity contribution in [2.24, 2.45) is 0 Å². The molecule has 1 atom stereocenters. The van der Waals surface area contributed by atoms with Gasteiger partial charge in [0.2, 0.25) is 0 Å². The van der Waals surface area contributed by atoms with Crippen LogP contribution < -0.4 is 4.90 Å². The number of unbranched alkanes of at least 4 members (excludes halogenated alkanes) is 1. The molecule has 0 spiro atoms. The number of fused-ring (bicyclic) bond motifs is 1. The Hall–Kier alpha value is -2.26. The second-order valence-electron chi connectivity index (χ2n) is 7.47. The predicted molar refractivity (Wildman–Crippen MR) is 99.7 cm³/mol. The van der Waals surface area contributed by atoms with Gasteiger partial charge >= 0.3 is 0 Å². The van der Waals surface area contributed by atoms with Crippen LogP contribution in [0.3, 0.4) is 0 Å². The lowest BCUT2D eigenvalue weighted by Crippen LogP contribution is -2.48. The van der Waals surface area contributed by atoms with Crippen molar-refractivity contribution in [1.82, 2.24) is 0 Å². The van der Waals surface area contributed by atoms with E-state index in [0.717, 1.165) is 24.1 Å². The molecule has 1 heterocycles. The van der Waals surface area contributed by atoms with Crippen LogP contribution in [0.4, 0.5) is 5.69 Å². The Kier molecular flexibility index (Phi) is 5.35. The first-order valence-electron chi connectivity index (χ1n) is 8.78. The molecule has 0 N–H and O–H groups in total. The summed E-state index contributed by atoms with van der Waals surface area (Å²) in [6, 6.07) is 8.33. The monoisotopic (exact) mass is 321 g/mol. The first-order chi connectivity index (χ1) is 11.3. The minimum absolute atomic E-state index is 0.149. The van der Waals surface area contributed by atoms with Crippen molar-refractivity contribution < 1.29 is 0 Å². The van der Waals surface area contributed by atoms with Gasteiger partial charge in [0, 0.05) is 17.8 Å². The van der Waals surface area contributed by atoms with Crippen LogP contribution in [0.2, 0.25) is 0 Å². The van der Waals surface area contributed by atoms with Gasteiger partial charge < -0.3 is 4.90 Å². The SMILES string of the molecule is CCCCN1c2cc(C)c(C=C(C#N)C#N)cc2C(C)CC1(C)C. The zero-order valence-corrected chi connectivity index (χ0v) is 15.5. The summed E-state index contributed by atoms with van der Waals surface area (Å²) < 4.78 is 0. The number of benzene rings is 1. The van der Waals surface area contributed by atoms with Gasteiger partial charge in [-0.3, -0.25) is 0 Å². The third-order valence-corrected chi connectivity index (χ3v) is 5.05. The van der Waals surface area contributed by atoms with E-state index in [2.05, 4.69) is 51.7 Å². The molecule has 126 valence electrons. The van der Waals surface area contributed by atoms with Crippen LogP contribution >= 0.6 is 0 Å². The molecule has 2 rings (SSSR count). The largest absolute Gasteiger partial charge is 0.366 e. The zero-order valence-electron chi connectivity index (χ0n) is 15.5. The number of hydrogen-bond acceptors (Lipinski definition) is 3. The summed E-state index contributed by atoms with van der Waals surface area (Å²) in [6.07, 6.45) is 5.19. The van der Waals surface area contributed by atoms with Crippen molar-refractivity contribution in [2.45, 2.75) is 65.3 Å². The molecule has 24 heavy (non-hydrogen) atoms. The maximum absolute atomic E-state index is 9.03. The van der Waals surface area contributed by atoms with Crippen molar-refractivity contribution in [3.05, 3.63) is 34.4 Å². The molecule has 0 fully saturated rings. The number of nitriles is 2. The summed E-state index contributed by atoms with van der Waals surface area (Å²) in [6.45, 7) is 12.3. The van der Waals surface area contributed by atoms with Crippen LogP contribution in [0, 0.1) is 29.6 Å². The molecule has 3 nitrogen and oxygen atoms in total. The molecular weight excluding hydrogens is 294 g/mol. The molecule has 0 radical (unpaired) electrons. The third-order valence-electron chi connectivity index (χ3n) is 5.05. The minimum atomic E-state index is 0.149. The fourth-order valence-corrected chi connectivity index (χ4v) is 3.79. The number of rotatable bonds is 4. The topological polar surface area (TPSA) is 50.8 Å². The van der Waals surface area contributed by atoms with E-state index in [9.17, 15) is 0 Å². The van der Waals surface area contributed by atoms with Crippen LogP contribution in [-0.2, 0) is 0 Å². The predicted octanol–water partition coefficient (Wildman–Crippen LogP) is 5.32. The van der Waals surface area contributed by atoms with Gasteiger partial charge in [-0.1, -0.05) is 20.3 Å². The van der Waals surface area contributed by atoms with E-state index in [1.807, 2.05) is 12.1 Å². The van der Waals surface area contributed by atoms with Crippen LogP contribution in [0.15, 0.2) is 17.7 Å². The van der Waals surface area contributed by atoms with E-state index in [1.54, 1.807) is 6.08 Å². The van der Waals surface area contributed by atoms with Gasteiger partial charge in [-0.05, 0) is 74.4 Å². The second kappa shape index (κ2) is 7.10.